The molecule has 348 valence electrons. The van der Waals surface area contributed by atoms with Crippen LogP contribution in [0.1, 0.15) is 115 Å². The van der Waals surface area contributed by atoms with Gasteiger partial charge in [-0.15, -0.1) is 45.3 Å². The molecule has 2 aromatic carbocycles. The van der Waals surface area contributed by atoms with Gasteiger partial charge >= 0.3 is 0 Å². The maximum absolute atomic E-state index is 15.4. The second-order valence-corrected chi connectivity index (χ2v) is 23.0. The molecule has 0 spiro atoms. The molecule has 12 rings (SSSR count). The number of halogens is 4. The summed E-state index contributed by atoms with van der Waals surface area (Å²) in [6.07, 6.45) is 7.98. The largest absolute Gasteiger partial charge is 0.491 e. The number of rotatable bonds is 6. The van der Waals surface area contributed by atoms with Crippen LogP contribution in [0, 0.1) is 37.1 Å². The second kappa shape index (κ2) is 17.2. The quantitative estimate of drug-likeness (QED) is 0.0887. The third-order valence-electron chi connectivity index (χ3n) is 14.1. The normalized spacial score (nSPS) is 26.3. The summed E-state index contributed by atoms with van der Waals surface area (Å²) in [6, 6.07) is 3.59. The van der Waals surface area contributed by atoms with Crippen LogP contribution >= 0.6 is 45.3 Å². The summed E-state index contributed by atoms with van der Waals surface area (Å²) in [6.45, 7) is 4.05. The molecule has 10 heterocycles. The van der Waals surface area contributed by atoms with E-state index >= 15 is 17.6 Å². The van der Waals surface area contributed by atoms with Crippen molar-refractivity contribution >= 4 is 87.6 Å². The summed E-state index contributed by atoms with van der Waals surface area (Å²) in [5, 5.41) is 14.6. The lowest BCUT2D eigenvalue weighted by Crippen LogP contribution is -2.43. The van der Waals surface area contributed by atoms with E-state index in [0.29, 0.717) is 62.2 Å². The number of ether oxygens (including phenoxy) is 2. The van der Waals surface area contributed by atoms with Crippen LogP contribution in [-0.2, 0) is 12.8 Å². The van der Waals surface area contributed by atoms with E-state index < -0.39 is 35.4 Å². The first-order valence-corrected chi connectivity index (χ1v) is 25.7. The Balaban J connectivity index is 0.000000146. The molecule has 6 aliphatic rings. The number of fused-ring (bicyclic) bond motifs is 8. The fourth-order valence-electron chi connectivity index (χ4n) is 11.0. The van der Waals surface area contributed by atoms with E-state index in [2.05, 4.69) is 31.2 Å². The standard InChI is InChI=1S/2C23H24F2N4O2S2/c1-9-27-23-21(32-9)18(26)20(33-23)22(30)29-13-6-15-16(24)7-14(17(25)19(15)31-8-13)10-4-11-2-3-12(5-10)28-11;1-9-27-23-21(32-9)19(26)20(33-23)22(30)29-13-6-15-16(31-8-13)7-14(17(24)18(15)25)10-4-11-2-3-12(5-10)28-11/h2*7,10-13,28H,2-6,8,26H2,1H3,(H,29,30)/t2*10?,11?,12?,13-/m11/s1. The van der Waals surface area contributed by atoms with Gasteiger partial charge in [0.25, 0.3) is 11.8 Å². The summed E-state index contributed by atoms with van der Waals surface area (Å²) in [4.78, 5) is 36.7. The van der Waals surface area contributed by atoms with Gasteiger partial charge in [-0.25, -0.2) is 27.5 Å². The highest BCUT2D eigenvalue weighted by atomic mass is 32.1. The molecule has 8 N–H and O–H groups in total. The SMILES string of the molecule is Cc1nc2sc(C(=O)N[C@H]3COc4c(F)c(C5CC6CCC(C5)N6)cc(F)c4C3)c(N)c2s1.Cc1nc2sc(C(=O)N[C@H]3COc4cc(C5CC6CCC(C5)N6)c(F)c(F)c4C3)c(N)c2s1. The van der Waals surface area contributed by atoms with Crippen molar-refractivity contribution in [3.8, 4) is 11.5 Å². The van der Waals surface area contributed by atoms with Crippen molar-refractivity contribution in [1.29, 1.82) is 0 Å². The van der Waals surface area contributed by atoms with Gasteiger partial charge in [-0.1, -0.05) is 0 Å². The number of thiophene rings is 2. The number of hydrogen-bond donors (Lipinski definition) is 6. The molecule has 66 heavy (non-hydrogen) atoms. The minimum absolute atomic E-state index is 0.00232. The summed E-state index contributed by atoms with van der Waals surface area (Å²) < 4.78 is 73.9. The average Bonchev–Trinajstić information content (AvgIpc) is 4.15. The number of nitrogens with two attached hydrogens (primary N) is 2. The first kappa shape index (κ1) is 43.9. The number of aromatic nitrogens is 2. The predicted molar refractivity (Wildman–Crippen MR) is 251 cm³/mol. The monoisotopic (exact) mass is 980 g/mol. The second-order valence-electron chi connectivity index (χ2n) is 18.5. The minimum atomic E-state index is -0.858. The van der Waals surface area contributed by atoms with Crippen LogP contribution < -0.4 is 42.2 Å². The first-order valence-electron chi connectivity index (χ1n) is 22.5. The third kappa shape index (κ3) is 7.97. The summed E-state index contributed by atoms with van der Waals surface area (Å²) >= 11 is 5.37. The number of amides is 2. The van der Waals surface area contributed by atoms with E-state index in [1.807, 2.05) is 13.8 Å². The van der Waals surface area contributed by atoms with E-state index in [0.717, 1.165) is 80.4 Å². The van der Waals surface area contributed by atoms with Crippen molar-refractivity contribution in [2.45, 2.75) is 126 Å². The molecule has 4 bridgehead atoms. The van der Waals surface area contributed by atoms with Crippen LogP contribution in [0.4, 0.5) is 28.9 Å². The fraction of sp³-hybridized carbons (Fsp3) is 0.478. The van der Waals surface area contributed by atoms with E-state index in [1.54, 1.807) is 6.07 Å². The van der Waals surface area contributed by atoms with Gasteiger partial charge in [-0.2, -0.15) is 0 Å². The molecule has 0 saturated carbocycles. The molecular formula is C46H48F4N8O4S4. The van der Waals surface area contributed by atoms with Crippen molar-refractivity contribution in [3.63, 3.8) is 0 Å². The first-order chi connectivity index (χ1) is 31.7. The van der Waals surface area contributed by atoms with E-state index in [9.17, 15) is 9.59 Å². The Morgan fingerprint density at radius 1 is 0.652 bits per heavy atom. The zero-order valence-corrected chi connectivity index (χ0v) is 39.4. The molecule has 0 aliphatic carbocycles. The van der Waals surface area contributed by atoms with Gasteiger partial charge in [0.15, 0.2) is 23.2 Å². The van der Waals surface area contributed by atoms with Crippen LogP contribution in [-0.4, -0.2) is 71.2 Å². The summed E-state index contributed by atoms with van der Waals surface area (Å²) in [5.41, 5.74) is 14.4. The molecule has 0 radical (unpaired) electrons. The smallest absolute Gasteiger partial charge is 0.263 e. The Morgan fingerprint density at radius 3 is 1.62 bits per heavy atom. The van der Waals surface area contributed by atoms with Gasteiger partial charge in [0.05, 0.1) is 42.9 Å². The Kier molecular flexibility index (Phi) is 11.4. The zero-order chi connectivity index (χ0) is 45.7. The van der Waals surface area contributed by atoms with Crippen molar-refractivity contribution < 1.29 is 36.6 Å². The summed E-state index contributed by atoms with van der Waals surface area (Å²) in [5.74, 6) is -2.87. The number of nitrogens with one attached hydrogen (secondary N) is 4. The van der Waals surface area contributed by atoms with Gasteiger partial charge in [-0.05, 0) is 100 Å². The van der Waals surface area contributed by atoms with E-state index in [1.165, 1.54) is 51.4 Å². The van der Waals surface area contributed by atoms with Crippen LogP contribution in [0.15, 0.2) is 12.1 Å². The Labute approximate surface area is 393 Å². The van der Waals surface area contributed by atoms with Crippen molar-refractivity contribution in [3.05, 3.63) is 77.4 Å². The Hall–Kier alpha value is -4.60. The van der Waals surface area contributed by atoms with Gasteiger partial charge in [0.1, 0.15) is 44.2 Å². The van der Waals surface area contributed by atoms with Crippen molar-refractivity contribution in [1.82, 2.24) is 31.2 Å². The number of nitrogen functional groups attached to an aromatic ring is 2. The fourth-order valence-corrected chi connectivity index (χ4v) is 15.2. The van der Waals surface area contributed by atoms with E-state index in [-0.39, 0.29) is 66.6 Å². The molecule has 4 fully saturated rings. The molecule has 4 saturated heterocycles. The molecule has 12 nitrogen and oxygen atoms in total. The number of nitrogens with zero attached hydrogens (tertiary/aromatic N) is 2. The Bertz CT molecular complexity index is 2790. The number of anilines is 2. The number of piperidine rings is 2. The molecule has 2 amide bonds. The molecule has 4 aromatic heterocycles. The molecule has 6 aromatic rings. The van der Waals surface area contributed by atoms with Crippen LogP contribution in [0.2, 0.25) is 0 Å². The number of benzene rings is 2. The van der Waals surface area contributed by atoms with Crippen molar-refractivity contribution in [2.24, 2.45) is 0 Å². The number of hydrogen-bond acceptors (Lipinski definition) is 14. The van der Waals surface area contributed by atoms with Crippen LogP contribution in [0.5, 0.6) is 11.5 Å². The molecule has 20 heteroatoms. The zero-order valence-electron chi connectivity index (χ0n) is 36.1. The number of carbonyl (C=O) groups excluding carboxylic acids is 2. The highest BCUT2D eigenvalue weighted by molar-refractivity contribution is 7.29. The third-order valence-corrected chi connectivity index (χ3v) is 18.5. The number of thiazole rings is 2. The maximum Gasteiger partial charge on any atom is 0.263 e. The highest BCUT2D eigenvalue weighted by Gasteiger charge is 2.40. The van der Waals surface area contributed by atoms with Crippen molar-refractivity contribution in [2.75, 3.05) is 24.7 Å². The number of carbonyl (C=O) groups is 2. The van der Waals surface area contributed by atoms with Gasteiger partial charge in [0.2, 0.25) is 0 Å². The lowest BCUT2D eigenvalue weighted by Gasteiger charge is -2.32. The van der Waals surface area contributed by atoms with Crippen LogP contribution in [0.25, 0.3) is 19.1 Å². The number of aryl methyl sites for hydroxylation is 2. The maximum atomic E-state index is 15.4. The summed E-state index contributed by atoms with van der Waals surface area (Å²) in [7, 11) is 0. The van der Waals surface area contributed by atoms with Gasteiger partial charge in [-0.3, -0.25) is 9.59 Å². The topological polar surface area (TPSA) is 179 Å². The van der Waals surface area contributed by atoms with Crippen LogP contribution in [0.3, 0.4) is 0 Å². The van der Waals surface area contributed by atoms with Gasteiger partial charge < -0.3 is 42.2 Å². The molecule has 6 aliphatic heterocycles. The molecular weight excluding hydrogens is 933 g/mol. The Morgan fingerprint density at radius 2 is 1.12 bits per heavy atom. The minimum Gasteiger partial charge on any atom is -0.491 e. The average molecular weight is 981 g/mol. The van der Waals surface area contributed by atoms with Gasteiger partial charge in [0, 0.05) is 48.1 Å². The lowest BCUT2D eigenvalue weighted by atomic mass is 9.84. The van der Waals surface area contributed by atoms with E-state index in [4.69, 9.17) is 20.9 Å². The molecule has 4 unspecified atom stereocenters. The lowest BCUT2D eigenvalue weighted by molar-refractivity contribution is 0.0910. The highest BCUT2D eigenvalue weighted by Crippen LogP contribution is 2.45. The predicted octanol–water partition coefficient (Wildman–Crippen LogP) is 8.52. The molecule has 6 atom stereocenters.